The van der Waals surface area contributed by atoms with Gasteiger partial charge < -0.3 is 15.4 Å². The zero-order valence-electron chi connectivity index (χ0n) is 16.4. The first-order chi connectivity index (χ1) is 13.4. The van der Waals surface area contributed by atoms with Gasteiger partial charge in [0, 0.05) is 19.6 Å². The maximum Gasteiger partial charge on any atom is 0.243 e. The van der Waals surface area contributed by atoms with Gasteiger partial charge in [0.1, 0.15) is 5.75 Å². The van der Waals surface area contributed by atoms with Crippen molar-refractivity contribution < 1.29 is 13.2 Å². The van der Waals surface area contributed by atoms with Crippen molar-refractivity contribution in [3.8, 4) is 5.75 Å². The predicted octanol–water partition coefficient (Wildman–Crippen LogP) is 3.25. The lowest BCUT2D eigenvalue weighted by Crippen LogP contribution is -2.31. The van der Waals surface area contributed by atoms with Gasteiger partial charge in [0.25, 0.3) is 0 Å². The summed E-state index contributed by atoms with van der Waals surface area (Å²) < 4.78 is 32.3. The minimum Gasteiger partial charge on any atom is -0.495 e. The number of nitrogens with one attached hydrogen (secondary N) is 2. The average Bonchev–Trinajstić information content (AvgIpc) is 2.69. The van der Waals surface area contributed by atoms with Crippen molar-refractivity contribution in [2.24, 2.45) is 0 Å². The van der Waals surface area contributed by atoms with Gasteiger partial charge in [-0.2, -0.15) is 4.31 Å². The van der Waals surface area contributed by atoms with Gasteiger partial charge in [-0.1, -0.05) is 44.2 Å². The Bertz CT molecular complexity index is 883. The molecule has 2 aromatic rings. The number of benzene rings is 2. The second kappa shape index (κ2) is 10.4. The summed E-state index contributed by atoms with van der Waals surface area (Å²) in [5.41, 5.74) is 1.72. The van der Waals surface area contributed by atoms with Crippen molar-refractivity contribution >= 4 is 33.0 Å². The van der Waals surface area contributed by atoms with Crippen molar-refractivity contribution in [2.75, 3.05) is 32.1 Å². The van der Waals surface area contributed by atoms with E-state index >= 15 is 0 Å². The molecule has 0 aromatic heterocycles. The first-order valence-electron chi connectivity index (χ1n) is 9.19. The fourth-order valence-corrected chi connectivity index (χ4v) is 4.49. The minimum absolute atomic E-state index is 0.201. The number of anilines is 1. The van der Waals surface area contributed by atoms with Crippen LogP contribution in [0.1, 0.15) is 19.4 Å². The number of ether oxygens (including phenoxy) is 1. The Morgan fingerprint density at radius 1 is 1.11 bits per heavy atom. The zero-order valence-corrected chi connectivity index (χ0v) is 18.1. The fraction of sp³-hybridized carbons (Fsp3) is 0.350. The van der Waals surface area contributed by atoms with Crippen LogP contribution in [-0.2, 0) is 16.4 Å². The summed E-state index contributed by atoms with van der Waals surface area (Å²) in [5, 5.41) is 6.60. The lowest BCUT2D eigenvalue weighted by atomic mass is 10.1. The van der Waals surface area contributed by atoms with E-state index in [1.54, 1.807) is 18.2 Å². The van der Waals surface area contributed by atoms with Crippen LogP contribution in [0.4, 0.5) is 5.69 Å². The predicted molar refractivity (Wildman–Crippen MR) is 117 cm³/mol. The zero-order chi connectivity index (χ0) is 20.6. The number of thiocarbonyl (C=S) groups is 1. The van der Waals surface area contributed by atoms with Crippen LogP contribution in [0.15, 0.2) is 53.4 Å². The van der Waals surface area contributed by atoms with E-state index < -0.39 is 10.0 Å². The Hall–Kier alpha value is -2.16. The molecule has 0 saturated heterocycles. The number of rotatable bonds is 9. The molecule has 152 valence electrons. The van der Waals surface area contributed by atoms with Crippen LogP contribution < -0.4 is 15.4 Å². The quantitative estimate of drug-likeness (QED) is 0.606. The van der Waals surface area contributed by atoms with Gasteiger partial charge in [0.2, 0.25) is 10.0 Å². The third-order valence-corrected chi connectivity index (χ3v) is 6.60. The van der Waals surface area contributed by atoms with E-state index in [4.69, 9.17) is 17.0 Å². The summed E-state index contributed by atoms with van der Waals surface area (Å²) in [6, 6.07) is 14.8. The summed E-state index contributed by atoms with van der Waals surface area (Å²) in [4.78, 5) is 0.201. The molecule has 0 saturated carbocycles. The second-order valence-electron chi connectivity index (χ2n) is 6.07. The van der Waals surface area contributed by atoms with E-state index in [2.05, 4.69) is 22.8 Å². The monoisotopic (exact) mass is 421 g/mol. The number of hydrogen-bond acceptors (Lipinski definition) is 4. The molecule has 0 unspecified atom stereocenters. The molecular weight excluding hydrogens is 394 g/mol. The van der Waals surface area contributed by atoms with Gasteiger partial charge in [-0.05, 0) is 42.4 Å². The van der Waals surface area contributed by atoms with Crippen LogP contribution in [0.3, 0.4) is 0 Å². The lowest BCUT2D eigenvalue weighted by molar-refractivity contribution is 0.416. The third-order valence-electron chi connectivity index (χ3n) is 4.30. The molecule has 0 bridgehead atoms. The molecule has 0 aliphatic rings. The molecule has 2 N–H and O–H groups in total. The van der Waals surface area contributed by atoms with Gasteiger partial charge in [-0.25, -0.2) is 8.42 Å². The summed E-state index contributed by atoms with van der Waals surface area (Å²) in [6.07, 6.45) is 0.830. The normalized spacial score (nSPS) is 11.3. The molecule has 8 heteroatoms. The standard InChI is InChI=1S/C20H27N3O3S2/c1-4-23(5-2)28(24,25)17-11-12-19(26-3)18(15-17)22-20(27)21-14-13-16-9-7-6-8-10-16/h6-12,15H,4-5,13-14H2,1-3H3,(H2,21,22,27). The number of hydrogen-bond donors (Lipinski definition) is 2. The second-order valence-corrected chi connectivity index (χ2v) is 8.41. The van der Waals surface area contributed by atoms with Crippen LogP contribution in [0.5, 0.6) is 5.75 Å². The van der Waals surface area contributed by atoms with Crippen molar-refractivity contribution in [3.63, 3.8) is 0 Å². The molecule has 0 heterocycles. The largest absolute Gasteiger partial charge is 0.495 e. The first kappa shape index (κ1) is 22.1. The smallest absolute Gasteiger partial charge is 0.243 e. The van der Waals surface area contributed by atoms with Crippen LogP contribution >= 0.6 is 12.2 Å². The van der Waals surface area contributed by atoms with Crippen LogP contribution in [-0.4, -0.2) is 44.6 Å². The molecule has 0 radical (unpaired) electrons. The van der Waals surface area contributed by atoms with E-state index in [-0.39, 0.29) is 4.90 Å². The van der Waals surface area contributed by atoms with Gasteiger partial charge in [0.05, 0.1) is 17.7 Å². The molecule has 0 atom stereocenters. The van der Waals surface area contributed by atoms with E-state index in [0.29, 0.717) is 36.2 Å². The number of nitrogens with zero attached hydrogens (tertiary/aromatic N) is 1. The number of sulfonamides is 1. The van der Waals surface area contributed by atoms with Crippen molar-refractivity contribution in [1.82, 2.24) is 9.62 Å². The molecule has 2 rings (SSSR count). The summed E-state index contributed by atoms with van der Waals surface area (Å²) in [6.45, 7) is 5.11. The SMILES string of the molecule is CCN(CC)S(=O)(=O)c1ccc(OC)c(NC(=S)NCCc2ccccc2)c1. The maximum atomic E-state index is 12.8. The van der Waals surface area contributed by atoms with Gasteiger partial charge in [-0.15, -0.1) is 0 Å². The molecule has 0 aliphatic carbocycles. The van der Waals surface area contributed by atoms with Crippen LogP contribution in [0.2, 0.25) is 0 Å². The van der Waals surface area contributed by atoms with E-state index in [1.807, 2.05) is 32.0 Å². The number of methoxy groups -OCH3 is 1. The van der Waals surface area contributed by atoms with E-state index in [0.717, 1.165) is 6.42 Å². The Morgan fingerprint density at radius 3 is 2.39 bits per heavy atom. The van der Waals surface area contributed by atoms with Crippen molar-refractivity contribution in [3.05, 3.63) is 54.1 Å². The fourth-order valence-electron chi connectivity index (χ4n) is 2.79. The minimum atomic E-state index is -3.56. The highest BCUT2D eigenvalue weighted by atomic mass is 32.2. The molecule has 0 aliphatic heterocycles. The maximum absolute atomic E-state index is 12.8. The highest BCUT2D eigenvalue weighted by Crippen LogP contribution is 2.28. The molecule has 2 aromatic carbocycles. The Labute approximate surface area is 173 Å². The Balaban J connectivity index is 2.10. The van der Waals surface area contributed by atoms with E-state index in [9.17, 15) is 8.42 Å². The van der Waals surface area contributed by atoms with Crippen LogP contribution in [0, 0.1) is 0 Å². The molecule has 0 spiro atoms. The molecule has 0 fully saturated rings. The Kier molecular flexibility index (Phi) is 8.22. The molecule has 28 heavy (non-hydrogen) atoms. The van der Waals surface area contributed by atoms with Gasteiger partial charge in [-0.3, -0.25) is 0 Å². The summed E-state index contributed by atoms with van der Waals surface area (Å²) in [7, 11) is -2.03. The lowest BCUT2D eigenvalue weighted by Gasteiger charge is -2.20. The topological polar surface area (TPSA) is 70.7 Å². The van der Waals surface area contributed by atoms with Gasteiger partial charge in [0.15, 0.2) is 5.11 Å². The first-order valence-corrected chi connectivity index (χ1v) is 11.0. The molecule has 6 nitrogen and oxygen atoms in total. The van der Waals surface area contributed by atoms with Crippen molar-refractivity contribution in [1.29, 1.82) is 0 Å². The average molecular weight is 422 g/mol. The van der Waals surface area contributed by atoms with Crippen LogP contribution in [0.25, 0.3) is 0 Å². The highest BCUT2D eigenvalue weighted by Gasteiger charge is 2.23. The summed E-state index contributed by atoms with van der Waals surface area (Å²) >= 11 is 5.36. The summed E-state index contributed by atoms with van der Waals surface area (Å²) in [5.74, 6) is 0.519. The van der Waals surface area contributed by atoms with E-state index in [1.165, 1.54) is 17.0 Å². The molecular formula is C20H27N3O3S2. The third kappa shape index (κ3) is 5.67. The Morgan fingerprint density at radius 2 is 1.79 bits per heavy atom. The van der Waals surface area contributed by atoms with Crippen molar-refractivity contribution in [2.45, 2.75) is 25.2 Å². The molecule has 0 amide bonds. The van der Waals surface area contributed by atoms with Gasteiger partial charge >= 0.3 is 0 Å². The highest BCUT2D eigenvalue weighted by molar-refractivity contribution is 7.89.